The molecule has 1 atom stereocenters. The molecule has 0 aliphatic heterocycles. The van der Waals surface area contributed by atoms with Crippen molar-refractivity contribution in [3.05, 3.63) is 24.0 Å². The van der Waals surface area contributed by atoms with E-state index < -0.39 is 5.60 Å². The highest BCUT2D eigenvalue weighted by molar-refractivity contribution is 5.43. The number of rotatable bonds is 4. The summed E-state index contributed by atoms with van der Waals surface area (Å²) in [5.74, 6) is 0. The molecule has 1 heterocycles. The Morgan fingerprint density at radius 3 is 2.86 bits per heavy atom. The maximum Gasteiger partial charge on any atom is 0.0788 e. The van der Waals surface area contributed by atoms with E-state index in [9.17, 15) is 5.11 Å². The zero-order valence-corrected chi connectivity index (χ0v) is 9.04. The summed E-state index contributed by atoms with van der Waals surface area (Å²) in [7, 11) is 0. The lowest BCUT2D eigenvalue weighted by atomic mass is 10.0. The predicted molar refractivity (Wildman–Crippen MR) is 58.4 cm³/mol. The van der Waals surface area contributed by atoms with E-state index in [1.54, 1.807) is 6.20 Å². The summed E-state index contributed by atoms with van der Waals surface area (Å²) in [5, 5.41) is 13.0. The molecule has 1 rings (SSSR count). The van der Waals surface area contributed by atoms with E-state index in [-0.39, 0.29) is 0 Å². The molecule has 14 heavy (non-hydrogen) atoms. The molecule has 0 saturated carbocycles. The van der Waals surface area contributed by atoms with Gasteiger partial charge in [-0.15, -0.1) is 0 Å². The maximum atomic E-state index is 9.78. The van der Waals surface area contributed by atoms with Crippen LogP contribution >= 0.6 is 0 Å². The minimum absolute atomic E-state index is 0.562. The third-order valence-electron chi connectivity index (χ3n) is 2.33. The van der Waals surface area contributed by atoms with E-state index in [0.717, 1.165) is 17.8 Å². The molecule has 0 amide bonds. The molecule has 3 heteroatoms. The lowest BCUT2D eigenvalue weighted by Gasteiger charge is -2.22. The Kier molecular flexibility index (Phi) is 3.47. The highest BCUT2D eigenvalue weighted by atomic mass is 16.3. The summed E-state index contributed by atoms with van der Waals surface area (Å²) in [6.45, 7) is 6.31. The third kappa shape index (κ3) is 3.34. The lowest BCUT2D eigenvalue weighted by molar-refractivity contribution is 0.0697. The van der Waals surface area contributed by atoms with Crippen LogP contribution in [0.15, 0.2) is 18.3 Å². The van der Waals surface area contributed by atoms with E-state index in [4.69, 9.17) is 0 Å². The van der Waals surface area contributed by atoms with Gasteiger partial charge in [0, 0.05) is 24.1 Å². The van der Waals surface area contributed by atoms with Crippen LogP contribution in [0.2, 0.25) is 0 Å². The van der Waals surface area contributed by atoms with Gasteiger partial charge in [-0.05, 0) is 32.4 Å². The molecular weight excluding hydrogens is 176 g/mol. The second-order valence-corrected chi connectivity index (χ2v) is 3.89. The minimum atomic E-state index is -0.642. The average molecular weight is 194 g/mol. The molecule has 2 N–H and O–H groups in total. The number of anilines is 1. The second kappa shape index (κ2) is 4.42. The molecule has 0 aliphatic rings. The number of aliphatic hydroxyl groups is 1. The van der Waals surface area contributed by atoms with Crippen molar-refractivity contribution < 1.29 is 5.11 Å². The van der Waals surface area contributed by atoms with Gasteiger partial charge in [-0.1, -0.05) is 6.92 Å². The Hall–Kier alpha value is -1.09. The summed E-state index contributed by atoms with van der Waals surface area (Å²) in [5.41, 5.74) is 1.34. The topological polar surface area (TPSA) is 45.1 Å². The smallest absolute Gasteiger partial charge is 0.0788 e. The first-order valence-corrected chi connectivity index (χ1v) is 4.92. The Balaban J connectivity index is 2.54. The Bertz CT molecular complexity index is 297. The van der Waals surface area contributed by atoms with Crippen LogP contribution in [0.3, 0.4) is 0 Å². The van der Waals surface area contributed by atoms with Gasteiger partial charge in [-0.3, -0.25) is 4.98 Å². The summed E-state index contributed by atoms with van der Waals surface area (Å²) in [6.07, 6.45) is 2.50. The molecule has 1 aromatic rings. The van der Waals surface area contributed by atoms with Crippen LogP contribution in [-0.4, -0.2) is 22.2 Å². The summed E-state index contributed by atoms with van der Waals surface area (Å²) in [4.78, 5) is 4.10. The minimum Gasteiger partial charge on any atom is -0.388 e. The standard InChI is InChI=1S/C11H18N2O/c1-4-11(3,14)8-13-10-5-6-12-9(2)7-10/h5-7,14H,4,8H2,1-3H3,(H,12,13). The average Bonchev–Trinajstić information content (AvgIpc) is 2.15. The molecule has 1 aromatic heterocycles. The van der Waals surface area contributed by atoms with Crippen LogP contribution in [0.1, 0.15) is 26.0 Å². The molecule has 1 unspecified atom stereocenters. The van der Waals surface area contributed by atoms with E-state index in [2.05, 4.69) is 10.3 Å². The highest BCUT2D eigenvalue weighted by Gasteiger charge is 2.16. The van der Waals surface area contributed by atoms with Crippen molar-refractivity contribution in [2.45, 2.75) is 32.8 Å². The highest BCUT2D eigenvalue weighted by Crippen LogP contribution is 2.12. The number of aryl methyl sites for hydroxylation is 1. The van der Waals surface area contributed by atoms with Crippen LogP contribution in [0.4, 0.5) is 5.69 Å². The van der Waals surface area contributed by atoms with Crippen LogP contribution in [0.25, 0.3) is 0 Å². The lowest BCUT2D eigenvalue weighted by Crippen LogP contribution is -2.32. The predicted octanol–water partition coefficient (Wildman–Crippen LogP) is 1.96. The Labute approximate surface area is 85.2 Å². The Morgan fingerprint density at radius 2 is 2.29 bits per heavy atom. The molecule has 0 aromatic carbocycles. The molecule has 3 nitrogen and oxygen atoms in total. The van der Waals surface area contributed by atoms with Gasteiger partial charge in [0.1, 0.15) is 0 Å². The number of nitrogens with one attached hydrogen (secondary N) is 1. The van der Waals surface area contributed by atoms with Crippen LogP contribution in [0.5, 0.6) is 0 Å². The van der Waals surface area contributed by atoms with Crippen molar-refractivity contribution >= 4 is 5.69 Å². The normalized spacial score (nSPS) is 14.9. The van der Waals surface area contributed by atoms with Crippen molar-refractivity contribution in [3.63, 3.8) is 0 Å². The fraction of sp³-hybridized carbons (Fsp3) is 0.545. The van der Waals surface area contributed by atoms with Gasteiger partial charge < -0.3 is 10.4 Å². The van der Waals surface area contributed by atoms with Gasteiger partial charge in [0.15, 0.2) is 0 Å². The van der Waals surface area contributed by atoms with E-state index in [1.807, 2.05) is 32.9 Å². The van der Waals surface area contributed by atoms with E-state index in [1.165, 1.54) is 0 Å². The zero-order chi connectivity index (χ0) is 10.6. The SMILES string of the molecule is CCC(C)(O)CNc1ccnc(C)c1. The van der Waals surface area contributed by atoms with Gasteiger partial charge in [0.25, 0.3) is 0 Å². The van der Waals surface area contributed by atoms with Gasteiger partial charge in [0.2, 0.25) is 0 Å². The number of nitrogens with zero attached hydrogens (tertiary/aromatic N) is 1. The number of pyridine rings is 1. The third-order valence-corrected chi connectivity index (χ3v) is 2.33. The first-order valence-electron chi connectivity index (χ1n) is 4.92. The molecule has 0 saturated heterocycles. The molecule has 78 valence electrons. The van der Waals surface area contributed by atoms with Crippen molar-refractivity contribution in [1.82, 2.24) is 4.98 Å². The first-order chi connectivity index (χ1) is 6.53. The van der Waals surface area contributed by atoms with E-state index in [0.29, 0.717) is 6.54 Å². The summed E-state index contributed by atoms with van der Waals surface area (Å²) >= 11 is 0. The quantitative estimate of drug-likeness (QED) is 0.770. The molecule has 0 spiro atoms. The van der Waals surface area contributed by atoms with Crippen LogP contribution in [0, 0.1) is 6.92 Å². The van der Waals surface area contributed by atoms with Crippen molar-refractivity contribution in [2.24, 2.45) is 0 Å². The van der Waals surface area contributed by atoms with Gasteiger partial charge in [-0.2, -0.15) is 0 Å². The number of aromatic nitrogens is 1. The molecule has 0 radical (unpaired) electrons. The fourth-order valence-electron chi connectivity index (χ4n) is 1.07. The molecule has 0 fully saturated rings. The number of hydrogen-bond acceptors (Lipinski definition) is 3. The van der Waals surface area contributed by atoms with Crippen LogP contribution in [-0.2, 0) is 0 Å². The van der Waals surface area contributed by atoms with Crippen LogP contribution < -0.4 is 5.32 Å². The zero-order valence-electron chi connectivity index (χ0n) is 9.04. The summed E-state index contributed by atoms with van der Waals surface area (Å²) in [6, 6.07) is 3.87. The summed E-state index contributed by atoms with van der Waals surface area (Å²) < 4.78 is 0. The second-order valence-electron chi connectivity index (χ2n) is 3.89. The monoisotopic (exact) mass is 194 g/mol. The number of hydrogen-bond donors (Lipinski definition) is 2. The van der Waals surface area contributed by atoms with Crippen molar-refractivity contribution in [2.75, 3.05) is 11.9 Å². The van der Waals surface area contributed by atoms with Gasteiger partial charge >= 0.3 is 0 Å². The van der Waals surface area contributed by atoms with E-state index >= 15 is 0 Å². The Morgan fingerprint density at radius 1 is 1.57 bits per heavy atom. The largest absolute Gasteiger partial charge is 0.388 e. The molecule has 0 aliphatic carbocycles. The fourth-order valence-corrected chi connectivity index (χ4v) is 1.07. The van der Waals surface area contributed by atoms with Gasteiger partial charge in [0.05, 0.1) is 5.60 Å². The molecular formula is C11H18N2O. The first kappa shape index (κ1) is 11.0. The molecule has 0 bridgehead atoms. The van der Waals surface area contributed by atoms with Gasteiger partial charge in [-0.25, -0.2) is 0 Å². The van der Waals surface area contributed by atoms with Crippen molar-refractivity contribution in [1.29, 1.82) is 0 Å². The van der Waals surface area contributed by atoms with Crippen molar-refractivity contribution in [3.8, 4) is 0 Å². The maximum absolute atomic E-state index is 9.78.